The fourth-order valence-corrected chi connectivity index (χ4v) is 5.12. The Balaban J connectivity index is 1.20. The molecule has 1 fully saturated rings. The standard InChI is InChI=1S/C23H20ClN3O2S/c24-17-6-7-20-19(12-17)26-23(30-20)16-8-10-27(11-9-16)21(28)13-18-14-29-22(25-18)15-4-2-1-3-5-15/h1-7,12,14,16H,8-11,13H2. The molecule has 3 heterocycles. The second-order valence-corrected chi connectivity index (χ2v) is 9.00. The molecule has 0 atom stereocenters. The second kappa shape index (κ2) is 8.20. The number of carbonyl (C=O) groups is 1. The van der Waals surface area contributed by atoms with Gasteiger partial charge in [0.2, 0.25) is 11.8 Å². The number of oxazole rings is 1. The van der Waals surface area contributed by atoms with Gasteiger partial charge in [0.15, 0.2) is 0 Å². The molecule has 7 heteroatoms. The molecular formula is C23H20ClN3O2S. The molecule has 1 amide bonds. The number of amides is 1. The first-order chi connectivity index (χ1) is 14.7. The first kappa shape index (κ1) is 19.3. The quantitative estimate of drug-likeness (QED) is 0.419. The van der Waals surface area contributed by atoms with Crippen molar-refractivity contribution in [1.29, 1.82) is 0 Å². The number of nitrogens with zero attached hydrogens (tertiary/aromatic N) is 3. The van der Waals surface area contributed by atoms with Crippen LogP contribution >= 0.6 is 22.9 Å². The molecule has 30 heavy (non-hydrogen) atoms. The van der Waals surface area contributed by atoms with Crippen molar-refractivity contribution in [3.63, 3.8) is 0 Å². The van der Waals surface area contributed by atoms with Gasteiger partial charge in [-0.2, -0.15) is 0 Å². The second-order valence-electron chi connectivity index (χ2n) is 7.51. The predicted molar refractivity (Wildman–Crippen MR) is 119 cm³/mol. The van der Waals surface area contributed by atoms with Crippen LogP contribution in [0.2, 0.25) is 5.02 Å². The molecule has 0 spiro atoms. The highest BCUT2D eigenvalue weighted by atomic mass is 35.5. The summed E-state index contributed by atoms with van der Waals surface area (Å²) in [6, 6.07) is 15.6. The highest BCUT2D eigenvalue weighted by Gasteiger charge is 2.26. The maximum atomic E-state index is 12.8. The molecule has 0 unspecified atom stereocenters. The molecule has 152 valence electrons. The van der Waals surface area contributed by atoms with E-state index < -0.39 is 0 Å². The molecular weight excluding hydrogens is 418 g/mol. The first-order valence-electron chi connectivity index (χ1n) is 9.99. The van der Waals surface area contributed by atoms with Crippen molar-refractivity contribution in [2.75, 3.05) is 13.1 Å². The topological polar surface area (TPSA) is 59.2 Å². The predicted octanol–water partition coefficient (Wildman–Crippen LogP) is 5.55. The zero-order valence-corrected chi connectivity index (χ0v) is 17.8. The SMILES string of the molecule is O=C(Cc1coc(-c2ccccc2)n1)N1CCC(c2nc3cc(Cl)ccc3s2)CC1. The summed E-state index contributed by atoms with van der Waals surface area (Å²) in [5.74, 6) is 1.03. The van der Waals surface area contributed by atoms with Crippen LogP contribution in [0.4, 0.5) is 0 Å². The van der Waals surface area contributed by atoms with Crippen LogP contribution in [0.15, 0.2) is 59.2 Å². The number of carbonyl (C=O) groups excluding carboxylic acids is 1. The van der Waals surface area contributed by atoms with Crippen LogP contribution in [0, 0.1) is 0 Å². The van der Waals surface area contributed by atoms with Crippen LogP contribution in [0.3, 0.4) is 0 Å². The van der Waals surface area contributed by atoms with E-state index in [0.717, 1.165) is 46.7 Å². The maximum absolute atomic E-state index is 12.8. The fourth-order valence-electron chi connectivity index (χ4n) is 3.84. The van der Waals surface area contributed by atoms with E-state index in [1.807, 2.05) is 53.4 Å². The minimum atomic E-state index is 0.0949. The number of thiazole rings is 1. The van der Waals surface area contributed by atoms with E-state index >= 15 is 0 Å². The summed E-state index contributed by atoms with van der Waals surface area (Å²) in [6.07, 6.45) is 3.70. The summed E-state index contributed by atoms with van der Waals surface area (Å²) in [4.78, 5) is 23.9. The number of hydrogen-bond donors (Lipinski definition) is 0. The molecule has 1 aliphatic rings. The largest absolute Gasteiger partial charge is 0.444 e. The van der Waals surface area contributed by atoms with Gasteiger partial charge in [0.25, 0.3) is 0 Å². The zero-order valence-electron chi connectivity index (χ0n) is 16.3. The van der Waals surface area contributed by atoms with Gasteiger partial charge < -0.3 is 9.32 Å². The van der Waals surface area contributed by atoms with Crippen molar-refractivity contribution in [3.8, 4) is 11.5 Å². The summed E-state index contributed by atoms with van der Waals surface area (Å²) < 4.78 is 6.71. The lowest BCUT2D eigenvalue weighted by Gasteiger charge is -2.31. The van der Waals surface area contributed by atoms with E-state index in [0.29, 0.717) is 22.5 Å². The van der Waals surface area contributed by atoms with Gasteiger partial charge in [-0.25, -0.2) is 9.97 Å². The van der Waals surface area contributed by atoms with Gasteiger partial charge in [-0.15, -0.1) is 11.3 Å². The van der Waals surface area contributed by atoms with Crippen molar-refractivity contribution in [2.24, 2.45) is 0 Å². The average molecular weight is 438 g/mol. The van der Waals surface area contributed by atoms with Crippen LogP contribution in [0.5, 0.6) is 0 Å². The minimum absolute atomic E-state index is 0.0949. The van der Waals surface area contributed by atoms with Gasteiger partial charge in [0, 0.05) is 29.6 Å². The van der Waals surface area contributed by atoms with Crippen molar-refractivity contribution in [2.45, 2.75) is 25.2 Å². The molecule has 1 aliphatic heterocycles. The van der Waals surface area contributed by atoms with Crippen molar-refractivity contribution < 1.29 is 9.21 Å². The van der Waals surface area contributed by atoms with Gasteiger partial charge in [-0.05, 0) is 43.2 Å². The molecule has 0 radical (unpaired) electrons. The Kier molecular flexibility index (Phi) is 5.27. The van der Waals surface area contributed by atoms with Crippen LogP contribution in [-0.2, 0) is 11.2 Å². The van der Waals surface area contributed by atoms with Gasteiger partial charge in [0.05, 0.1) is 27.3 Å². The van der Waals surface area contributed by atoms with Crippen molar-refractivity contribution in [3.05, 3.63) is 70.5 Å². The van der Waals surface area contributed by atoms with Crippen LogP contribution in [0.1, 0.15) is 29.5 Å². The Morgan fingerprint density at radius 1 is 1.13 bits per heavy atom. The number of fused-ring (bicyclic) bond motifs is 1. The molecule has 5 nitrogen and oxygen atoms in total. The number of benzene rings is 2. The molecule has 5 rings (SSSR count). The lowest BCUT2D eigenvalue weighted by atomic mass is 9.97. The zero-order chi connectivity index (χ0) is 20.5. The van der Waals surface area contributed by atoms with Crippen LogP contribution < -0.4 is 0 Å². The van der Waals surface area contributed by atoms with Gasteiger partial charge >= 0.3 is 0 Å². The Labute approximate surface area is 183 Å². The molecule has 2 aromatic heterocycles. The summed E-state index contributed by atoms with van der Waals surface area (Å²) in [5, 5.41) is 1.85. The fraction of sp³-hybridized carbons (Fsp3) is 0.261. The monoisotopic (exact) mass is 437 g/mol. The molecule has 0 aliphatic carbocycles. The van der Waals surface area contributed by atoms with Gasteiger partial charge in [0.1, 0.15) is 6.26 Å². The number of likely N-dealkylation sites (tertiary alicyclic amines) is 1. The number of hydrogen-bond acceptors (Lipinski definition) is 5. The van der Waals surface area contributed by atoms with Crippen molar-refractivity contribution in [1.82, 2.24) is 14.9 Å². The number of aromatic nitrogens is 2. The van der Waals surface area contributed by atoms with E-state index in [1.165, 1.54) is 0 Å². The third-order valence-electron chi connectivity index (χ3n) is 5.47. The first-order valence-corrected chi connectivity index (χ1v) is 11.2. The number of halogens is 1. The summed E-state index contributed by atoms with van der Waals surface area (Å²) in [6.45, 7) is 1.48. The number of piperidine rings is 1. The van der Waals surface area contributed by atoms with Crippen molar-refractivity contribution >= 4 is 39.1 Å². The van der Waals surface area contributed by atoms with E-state index in [2.05, 4.69) is 4.98 Å². The molecule has 0 bridgehead atoms. The lowest BCUT2D eigenvalue weighted by Crippen LogP contribution is -2.38. The molecule has 0 saturated carbocycles. The molecule has 2 aromatic carbocycles. The maximum Gasteiger partial charge on any atom is 0.228 e. The van der Waals surface area contributed by atoms with E-state index in [4.69, 9.17) is 21.0 Å². The Morgan fingerprint density at radius 2 is 1.93 bits per heavy atom. The Morgan fingerprint density at radius 3 is 2.73 bits per heavy atom. The van der Waals surface area contributed by atoms with E-state index in [9.17, 15) is 4.79 Å². The third-order valence-corrected chi connectivity index (χ3v) is 6.90. The summed E-state index contributed by atoms with van der Waals surface area (Å²) in [7, 11) is 0. The van der Waals surface area contributed by atoms with E-state index in [1.54, 1.807) is 17.6 Å². The highest BCUT2D eigenvalue weighted by molar-refractivity contribution is 7.18. The summed E-state index contributed by atoms with van der Waals surface area (Å²) >= 11 is 7.81. The molecule has 0 N–H and O–H groups in total. The average Bonchev–Trinajstić information content (AvgIpc) is 3.41. The third kappa shape index (κ3) is 3.98. The van der Waals surface area contributed by atoms with Crippen LogP contribution in [0.25, 0.3) is 21.7 Å². The van der Waals surface area contributed by atoms with Gasteiger partial charge in [-0.1, -0.05) is 29.8 Å². The highest BCUT2D eigenvalue weighted by Crippen LogP contribution is 2.34. The molecule has 1 saturated heterocycles. The smallest absolute Gasteiger partial charge is 0.228 e. The van der Waals surface area contributed by atoms with Crippen LogP contribution in [-0.4, -0.2) is 33.9 Å². The summed E-state index contributed by atoms with van der Waals surface area (Å²) in [5.41, 5.74) is 2.54. The Hall–Kier alpha value is -2.70. The molecule has 4 aromatic rings. The lowest BCUT2D eigenvalue weighted by molar-refractivity contribution is -0.131. The normalized spacial score (nSPS) is 15.0. The number of rotatable bonds is 4. The Bertz CT molecular complexity index is 1180. The van der Waals surface area contributed by atoms with Gasteiger partial charge in [-0.3, -0.25) is 4.79 Å². The van der Waals surface area contributed by atoms with E-state index in [-0.39, 0.29) is 12.3 Å². The minimum Gasteiger partial charge on any atom is -0.444 e.